The van der Waals surface area contributed by atoms with Crippen molar-refractivity contribution in [1.82, 2.24) is 5.32 Å². The Morgan fingerprint density at radius 2 is 2.18 bits per heavy atom. The van der Waals surface area contributed by atoms with Crippen LogP contribution in [-0.2, 0) is 4.74 Å². The number of nitrogens with one attached hydrogen (secondary N) is 1. The van der Waals surface area contributed by atoms with Crippen molar-refractivity contribution in [2.24, 2.45) is 0 Å². The van der Waals surface area contributed by atoms with Gasteiger partial charge in [0.05, 0.1) is 25.0 Å². The van der Waals surface area contributed by atoms with Crippen LogP contribution in [0.4, 0.5) is 5.69 Å². The molecule has 1 atom stereocenters. The van der Waals surface area contributed by atoms with Crippen LogP contribution in [0.3, 0.4) is 0 Å². The molecule has 0 aliphatic rings. The Balaban J connectivity index is 2.82. The first-order chi connectivity index (χ1) is 8.10. The predicted molar refractivity (Wildman–Crippen MR) is 66.2 cm³/mol. The molecule has 0 heterocycles. The second-order valence-corrected chi connectivity index (χ2v) is 3.75. The van der Waals surface area contributed by atoms with Crippen molar-refractivity contribution in [3.05, 3.63) is 23.8 Å². The molecule has 1 aromatic rings. The quantitative estimate of drug-likeness (QED) is 0.752. The first kappa shape index (κ1) is 13.3. The number of anilines is 1. The van der Waals surface area contributed by atoms with Gasteiger partial charge in [-0.1, -0.05) is 6.07 Å². The smallest absolute Gasteiger partial charge is 0.253 e. The number of nitrogen functional groups attached to an aromatic ring is 1. The number of carbonyl (C=O) groups excluding carboxylic acids is 1. The highest BCUT2D eigenvalue weighted by Crippen LogP contribution is 2.24. The maximum absolute atomic E-state index is 11.9. The molecule has 0 aromatic heterocycles. The molecule has 0 aliphatic heterocycles. The summed E-state index contributed by atoms with van der Waals surface area (Å²) >= 11 is 0. The Hall–Kier alpha value is -1.75. The first-order valence-electron chi connectivity index (χ1n) is 5.32. The van der Waals surface area contributed by atoms with Crippen molar-refractivity contribution in [2.45, 2.75) is 13.0 Å². The second-order valence-electron chi connectivity index (χ2n) is 3.75. The SMILES string of the molecule is COCC(C)NC(=O)c1cccc(OC)c1N. The van der Waals surface area contributed by atoms with Gasteiger partial charge in [0.2, 0.25) is 0 Å². The van der Waals surface area contributed by atoms with E-state index in [2.05, 4.69) is 5.32 Å². The van der Waals surface area contributed by atoms with E-state index in [-0.39, 0.29) is 11.9 Å². The molecule has 0 aliphatic carbocycles. The standard InChI is InChI=1S/C12H18N2O3/c1-8(7-16-2)14-12(15)9-5-4-6-10(17-3)11(9)13/h4-6,8H,7,13H2,1-3H3,(H,14,15). The number of nitrogens with two attached hydrogens (primary N) is 1. The average Bonchev–Trinajstić information content (AvgIpc) is 2.29. The number of para-hydroxylation sites is 1. The lowest BCUT2D eigenvalue weighted by Crippen LogP contribution is -2.35. The molecule has 0 saturated carbocycles. The fourth-order valence-electron chi connectivity index (χ4n) is 1.51. The molecule has 1 rings (SSSR count). The van der Waals surface area contributed by atoms with Crippen LogP contribution >= 0.6 is 0 Å². The number of hydrogen-bond donors (Lipinski definition) is 2. The fourth-order valence-corrected chi connectivity index (χ4v) is 1.51. The van der Waals surface area contributed by atoms with E-state index in [4.69, 9.17) is 15.2 Å². The van der Waals surface area contributed by atoms with Gasteiger partial charge in [0.1, 0.15) is 5.75 Å². The van der Waals surface area contributed by atoms with Crippen molar-refractivity contribution >= 4 is 11.6 Å². The minimum Gasteiger partial charge on any atom is -0.495 e. The Bertz CT molecular complexity index is 393. The lowest BCUT2D eigenvalue weighted by Gasteiger charge is -2.14. The Morgan fingerprint density at radius 3 is 2.76 bits per heavy atom. The third-order valence-corrected chi connectivity index (χ3v) is 2.32. The monoisotopic (exact) mass is 238 g/mol. The predicted octanol–water partition coefficient (Wildman–Crippen LogP) is 1.04. The van der Waals surface area contributed by atoms with Crippen LogP contribution in [0.1, 0.15) is 17.3 Å². The topological polar surface area (TPSA) is 73.6 Å². The van der Waals surface area contributed by atoms with Gasteiger partial charge >= 0.3 is 0 Å². The summed E-state index contributed by atoms with van der Waals surface area (Å²) in [6.07, 6.45) is 0. The first-order valence-corrected chi connectivity index (χ1v) is 5.32. The van der Waals surface area contributed by atoms with E-state index in [0.717, 1.165) is 0 Å². The summed E-state index contributed by atoms with van der Waals surface area (Å²) in [7, 11) is 3.10. The maximum Gasteiger partial charge on any atom is 0.253 e. The summed E-state index contributed by atoms with van der Waals surface area (Å²) in [5.41, 5.74) is 6.58. The molecule has 94 valence electrons. The number of benzene rings is 1. The third-order valence-electron chi connectivity index (χ3n) is 2.32. The minimum absolute atomic E-state index is 0.0712. The van der Waals surface area contributed by atoms with E-state index in [9.17, 15) is 4.79 Å². The molecule has 0 radical (unpaired) electrons. The van der Waals surface area contributed by atoms with E-state index < -0.39 is 0 Å². The van der Waals surface area contributed by atoms with Crippen molar-refractivity contribution in [2.75, 3.05) is 26.6 Å². The zero-order valence-corrected chi connectivity index (χ0v) is 10.3. The number of hydrogen-bond acceptors (Lipinski definition) is 4. The Kier molecular flexibility index (Phi) is 4.78. The van der Waals surface area contributed by atoms with Crippen molar-refractivity contribution in [3.8, 4) is 5.75 Å². The van der Waals surface area contributed by atoms with Gasteiger partial charge in [-0.15, -0.1) is 0 Å². The van der Waals surface area contributed by atoms with E-state index in [1.165, 1.54) is 7.11 Å². The van der Waals surface area contributed by atoms with Crippen LogP contribution in [0.2, 0.25) is 0 Å². The summed E-state index contributed by atoms with van der Waals surface area (Å²) in [4.78, 5) is 11.9. The third kappa shape index (κ3) is 3.35. The summed E-state index contributed by atoms with van der Waals surface area (Å²) < 4.78 is 10.0. The number of amides is 1. The summed E-state index contributed by atoms with van der Waals surface area (Å²) in [5, 5.41) is 2.79. The number of ether oxygens (including phenoxy) is 2. The molecule has 5 nitrogen and oxygen atoms in total. The lowest BCUT2D eigenvalue weighted by atomic mass is 10.1. The zero-order chi connectivity index (χ0) is 12.8. The number of rotatable bonds is 5. The van der Waals surface area contributed by atoms with Gasteiger partial charge in [-0.2, -0.15) is 0 Å². The molecule has 1 unspecified atom stereocenters. The van der Waals surface area contributed by atoms with Gasteiger partial charge in [-0.25, -0.2) is 0 Å². The molecule has 5 heteroatoms. The van der Waals surface area contributed by atoms with E-state index in [1.807, 2.05) is 6.92 Å². The van der Waals surface area contributed by atoms with Crippen LogP contribution in [-0.4, -0.2) is 32.8 Å². The molecule has 3 N–H and O–H groups in total. The molecule has 0 bridgehead atoms. The van der Waals surface area contributed by atoms with Crippen LogP contribution in [0.15, 0.2) is 18.2 Å². The van der Waals surface area contributed by atoms with Gasteiger partial charge in [-0.05, 0) is 19.1 Å². The second kappa shape index (κ2) is 6.10. The molecule has 0 saturated heterocycles. The highest BCUT2D eigenvalue weighted by Gasteiger charge is 2.14. The molecule has 17 heavy (non-hydrogen) atoms. The number of carbonyl (C=O) groups is 1. The Morgan fingerprint density at radius 1 is 1.47 bits per heavy atom. The summed E-state index contributed by atoms with van der Waals surface area (Å²) in [6, 6.07) is 5.03. The van der Waals surface area contributed by atoms with Crippen LogP contribution < -0.4 is 15.8 Å². The fraction of sp³-hybridized carbons (Fsp3) is 0.417. The summed E-state index contributed by atoms with van der Waals surface area (Å²) in [6.45, 7) is 2.31. The highest BCUT2D eigenvalue weighted by atomic mass is 16.5. The minimum atomic E-state index is -0.231. The maximum atomic E-state index is 11.9. The molecule has 0 spiro atoms. The Labute approximate surface area is 101 Å². The van der Waals surface area contributed by atoms with Gasteiger partial charge in [0.15, 0.2) is 0 Å². The van der Waals surface area contributed by atoms with Crippen molar-refractivity contribution in [3.63, 3.8) is 0 Å². The van der Waals surface area contributed by atoms with E-state index in [1.54, 1.807) is 25.3 Å². The zero-order valence-electron chi connectivity index (χ0n) is 10.3. The number of methoxy groups -OCH3 is 2. The van der Waals surface area contributed by atoms with Crippen LogP contribution in [0.5, 0.6) is 5.75 Å². The highest BCUT2D eigenvalue weighted by molar-refractivity contribution is 6.00. The van der Waals surface area contributed by atoms with E-state index in [0.29, 0.717) is 23.6 Å². The van der Waals surface area contributed by atoms with Crippen LogP contribution in [0, 0.1) is 0 Å². The lowest BCUT2D eigenvalue weighted by molar-refractivity contribution is 0.0906. The molecular formula is C12H18N2O3. The van der Waals surface area contributed by atoms with Gasteiger partial charge < -0.3 is 20.5 Å². The van der Waals surface area contributed by atoms with Crippen molar-refractivity contribution in [1.29, 1.82) is 0 Å². The molecular weight excluding hydrogens is 220 g/mol. The van der Waals surface area contributed by atoms with Crippen molar-refractivity contribution < 1.29 is 14.3 Å². The molecule has 1 amide bonds. The molecule has 0 fully saturated rings. The summed E-state index contributed by atoms with van der Waals surface area (Å²) in [5.74, 6) is 0.267. The van der Waals surface area contributed by atoms with Gasteiger partial charge in [0, 0.05) is 13.2 Å². The normalized spacial score (nSPS) is 11.9. The largest absolute Gasteiger partial charge is 0.495 e. The van der Waals surface area contributed by atoms with Crippen LogP contribution in [0.25, 0.3) is 0 Å². The van der Waals surface area contributed by atoms with Gasteiger partial charge in [-0.3, -0.25) is 4.79 Å². The van der Waals surface area contributed by atoms with Gasteiger partial charge in [0.25, 0.3) is 5.91 Å². The average molecular weight is 238 g/mol. The van der Waals surface area contributed by atoms with E-state index >= 15 is 0 Å². The molecule has 1 aromatic carbocycles.